The Balaban J connectivity index is 2.78. The van der Waals surface area contributed by atoms with Crippen molar-refractivity contribution in [2.75, 3.05) is 13.6 Å². The van der Waals surface area contributed by atoms with Crippen molar-refractivity contribution in [3.05, 3.63) is 0 Å². The molecular weight excluding hydrogens is 158 g/mol. The van der Waals surface area contributed by atoms with E-state index in [1.165, 1.54) is 4.90 Å². The molecule has 0 aromatic rings. The van der Waals surface area contributed by atoms with Crippen molar-refractivity contribution in [1.82, 2.24) is 4.90 Å². The van der Waals surface area contributed by atoms with Gasteiger partial charge >= 0.3 is 6.09 Å². The molecule has 12 heavy (non-hydrogen) atoms. The van der Waals surface area contributed by atoms with E-state index in [2.05, 4.69) is 0 Å². The minimum Gasteiger partial charge on any atom is -0.438 e. The monoisotopic (exact) mass is 171 g/mol. The van der Waals surface area contributed by atoms with Crippen molar-refractivity contribution in [2.45, 2.75) is 20.0 Å². The van der Waals surface area contributed by atoms with E-state index in [1.54, 1.807) is 7.05 Å². The van der Waals surface area contributed by atoms with Gasteiger partial charge in [-0.05, 0) is 0 Å². The first-order chi connectivity index (χ1) is 5.47. The van der Waals surface area contributed by atoms with Crippen LogP contribution in [0.4, 0.5) is 4.79 Å². The third kappa shape index (κ3) is 1.42. The molecule has 0 unspecified atom stereocenters. The lowest BCUT2D eigenvalue weighted by atomic mass is 9.85. The van der Waals surface area contributed by atoms with E-state index in [4.69, 9.17) is 4.74 Å². The maximum atomic E-state index is 11.0. The van der Waals surface area contributed by atoms with E-state index >= 15 is 0 Å². The minimum absolute atomic E-state index is 0.287. The van der Waals surface area contributed by atoms with Crippen LogP contribution in [0.2, 0.25) is 0 Å². The Morgan fingerprint density at radius 2 is 2.25 bits per heavy atom. The molecule has 0 saturated carbocycles. The maximum Gasteiger partial charge on any atom is 0.410 e. The minimum atomic E-state index is -0.610. The molecule has 0 N–H and O–H groups in total. The Morgan fingerprint density at radius 1 is 1.67 bits per heavy atom. The summed E-state index contributed by atoms with van der Waals surface area (Å²) < 4.78 is 4.88. The summed E-state index contributed by atoms with van der Waals surface area (Å²) in [6.07, 6.45) is -0.349. The van der Waals surface area contributed by atoms with Crippen LogP contribution in [-0.2, 0) is 9.53 Å². The smallest absolute Gasteiger partial charge is 0.410 e. The summed E-state index contributed by atoms with van der Waals surface area (Å²) in [5, 5.41) is 0. The Bertz CT molecular complexity index is 212. The fraction of sp³-hybridized carbons (Fsp3) is 0.750. The Hall–Kier alpha value is -1.06. The number of carbonyl (C=O) groups is 2. The number of rotatable bonds is 1. The zero-order valence-electron chi connectivity index (χ0n) is 7.53. The molecule has 68 valence electrons. The first-order valence-corrected chi connectivity index (χ1v) is 3.84. The van der Waals surface area contributed by atoms with Crippen LogP contribution in [-0.4, -0.2) is 37.0 Å². The molecule has 1 fully saturated rings. The van der Waals surface area contributed by atoms with Gasteiger partial charge in [-0.25, -0.2) is 4.79 Å². The molecular formula is C8H13NO3. The predicted molar refractivity (Wildman–Crippen MR) is 42.7 cm³/mol. The summed E-state index contributed by atoms with van der Waals surface area (Å²) in [4.78, 5) is 23.0. The van der Waals surface area contributed by atoms with E-state index in [0.29, 0.717) is 12.8 Å². The van der Waals surface area contributed by atoms with Gasteiger partial charge in [0.25, 0.3) is 0 Å². The summed E-state index contributed by atoms with van der Waals surface area (Å²) in [6, 6.07) is 0. The van der Waals surface area contributed by atoms with Gasteiger partial charge in [-0.3, -0.25) is 4.79 Å². The van der Waals surface area contributed by atoms with Crippen molar-refractivity contribution in [3.63, 3.8) is 0 Å². The first-order valence-electron chi connectivity index (χ1n) is 3.84. The average Bonchev–Trinajstić information content (AvgIpc) is 1.96. The number of carbonyl (C=O) groups excluding carboxylic acids is 2. The van der Waals surface area contributed by atoms with Crippen LogP contribution in [0.5, 0.6) is 0 Å². The number of nitrogens with zero attached hydrogens (tertiary/aromatic N) is 1. The molecule has 1 aliphatic heterocycles. The maximum absolute atomic E-state index is 11.0. The van der Waals surface area contributed by atoms with Crippen LogP contribution in [0.1, 0.15) is 13.8 Å². The topological polar surface area (TPSA) is 46.6 Å². The second-order valence-electron chi connectivity index (χ2n) is 3.79. The predicted octanol–water partition coefficient (Wildman–Crippen LogP) is 0.662. The summed E-state index contributed by atoms with van der Waals surface area (Å²) in [5.41, 5.74) is -0.287. The molecule has 1 saturated heterocycles. The largest absolute Gasteiger partial charge is 0.438 e. The third-order valence-corrected chi connectivity index (χ3v) is 2.08. The van der Waals surface area contributed by atoms with Crippen LogP contribution in [0, 0.1) is 5.41 Å². The van der Waals surface area contributed by atoms with Crippen molar-refractivity contribution in [3.8, 4) is 0 Å². The highest BCUT2D eigenvalue weighted by Crippen LogP contribution is 2.27. The Morgan fingerprint density at radius 3 is 2.75 bits per heavy atom. The number of ether oxygens (including phenoxy) is 1. The molecule has 0 bridgehead atoms. The lowest BCUT2D eigenvalue weighted by molar-refractivity contribution is -0.125. The van der Waals surface area contributed by atoms with Gasteiger partial charge in [-0.15, -0.1) is 0 Å². The number of amides is 1. The lowest BCUT2D eigenvalue weighted by Crippen LogP contribution is -2.51. The molecule has 1 heterocycles. The fourth-order valence-electron chi connectivity index (χ4n) is 1.34. The highest BCUT2D eigenvalue weighted by Gasteiger charge is 2.39. The van der Waals surface area contributed by atoms with Gasteiger partial charge in [0.1, 0.15) is 0 Å². The van der Waals surface area contributed by atoms with E-state index in [0.717, 1.165) is 0 Å². The lowest BCUT2D eigenvalue weighted by Gasteiger charge is -2.39. The van der Waals surface area contributed by atoms with Gasteiger partial charge in [0.05, 0.1) is 0 Å². The molecule has 0 radical (unpaired) electrons. The number of hydrogen-bond acceptors (Lipinski definition) is 3. The van der Waals surface area contributed by atoms with Crippen LogP contribution in [0.15, 0.2) is 0 Å². The molecule has 4 heteroatoms. The van der Waals surface area contributed by atoms with Crippen LogP contribution in [0.25, 0.3) is 0 Å². The molecule has 0 aromatic carbocycles. The first kappa shape index (κ1) is 9.03. The fourth-order valence-corrected chi connectivity index (χ4v) is 1.34. The summed E-state index contributed by atoms with van der Waals surface area (Å²) in [7, 11) is 1.66. The summed E-state index contributed by atoms with van der Waals surface area (Å²) in [6.45, 7) is 4.35. The van der Waals surface area contributed by atoms with Gasteiger partial charge in [-0.2, -0.15) is 0 Å². The van der Waals surface area contributed by atoms with Gasteiger partial charge < -0.3 is 9.64 Å². The molecule has 1 aliphatic rings. The highest BCUT2D eigenvalue weighted by molar-refractivity contribution is 5.73. The number of aldehydes is 1. The van der Waals surface area contributed by atoms with Gasteiger partial charge in [0.15, 0.2) is 12.4 Å². The molecule has 1 amide bonds. The average molecular weight is 171 g/mol. The van der Waals surface area contributed by atoms with Crippen LogP contribution in [0.3, 0.4) is 0 Å². The normalized spacial score (nSPS) is 28.1. The molecule has 1 atom stereocenters. The molecule has 0 aromatic heterocycles. The zero-order chi connectivity index (χ0) is 9.35. The molecule has 0 spiro atoms. The zero-order valence-corrected chi connectivity index (χ0v) is 7.53. The van der Waals surface area contributed by atoms with Crippen molar-refractivity contribution in [1.29, 1.82) is 0 Å². The van der Waals surface area contributed by atoms with E-state index in [-0.39, 0.29) is 5.41 Å². The SMILES string of the molecule is CN1CC(C)(C)[C@@H](C=O)OC1=O. The van der Waals surface area contributed by atoms with Crippen molar-refractivity contribution < 1.29 is 14.3 Å². The van der Waals surface area contributed by atoms with Gasteiger partial charge in [0.2, 0.25) is 0 Å². The van der Waals surface area contributed by atoms with Crippen LogP contribution >= 0.6 is 0 Å². The summed E-state index contributed by atoms with van der Waals surface area (Å²) in [5.74, 6) is 0. The Kier molecular flexibility index (Phi) is 2.08. The summed E-state index contributed by atoms with van der Waals surface area (Å²) >= 11 is 0. The van der Waals surface area contributed by atoms with E-state index < -0.39 is 12.2 Å². The van der Waals surface area contributed by atoms with Crippen molar-refractivity contribution >= 4 is 12.4 Å². The highest BCUT2D eigenvalue weighted by atomic mass is 16.6. The molecule has 4 nitrogen and oxygen atoms in total. The van der Waals surface area contributed by atoms with E-state index in [9.17, 15) is 9.59 Å². The Labute approximate surface area is 71.5 Å². The standard InChI is InChI=1S/C8H13NO3/c1-8(2)5-9(3)7(11)12-6(8)4-10/h4,6H,5H2,1-3H3/t6-/m1/s1. The van der Waals surface area contributed by atoms with E-state index in [1.807, 2.05) is 13.8 Å². The van der Waals surface area contributed by atoms with Gasteiger partial charge in [-0.1, -0.05) is 13.8 Å². The van der Waals surface area contributed by atoms with Crippen LogP contribution < -0.4 is 0 Å². The number of hydrogen-bond donors (Lipinski definition) is 0. The quantitative estimate of drug-likeness (QED) is 0.544. The third-order valence-electron chi connectivity index (χ3n) is 2.08. The van der Waals surface area contributed by atoms with Crippen molar-refractivity contribution in [2.24, 2.45) is 5.41 Å². The second-order valence-corrected chi connectivity index (χ2v) is 3.79. The number of cyclic esters (lactones) is 1. The molecule has 0 aliphatic carbocycles. The molecule has 1 rings (SSSR count). The second kappa shape index (κ2) is 2.77. The van der Waals surface area contributed by atoms with Gasteiger partial charge in [0, 0.05) is 19.0 Å².